The van der Waals surface area contributed by atoms with Crippen LogP contribution >= 0.6 is 0 Å². The molecular formula is C37H61N2O5+. The third-order valence-corrected chi connectivity index (χ3v) is 13.7. The lowest BCUT2D eigenvalue weighted by Crippen LogP contribution is -2.62. The normalized spacial score (nSPS) is 49.0. The fourth-order valence-corrected chi connectivity index (χ4v) is 11.1. The lowest BCUT2D eigenvalue weighted by molar-refractivity contribution is -0.763. The van der Waals surface area contributed by atoms with E-state index in [0.717, 1.165) is 54.8 Å². The Morgan fingerprint density at radius 2 is 1.80 bits per heavy atom. The fraction of sp³-hybridized carbons (Fsp3) is 0.865. The van der Waals surface area contributed by atoms with E-state index in [-0.39, 0.29) is 11.5 Å². The second kappa shape index (κ2) is 12.5. The molecule has 248 valence electrons. The quantitative estimate of drug-likeness (QED) is 0.213. The maximum Gasteiger partial charge on any atom is 0.194 e. The molecule has 14 atom stereocenters. The van der Waals surface area contributed by atoms with Crippen LogP contribution < -0.4 is 0 Å². The van der Waals surface area contributed by atoms with E-state index >= 15 is 0 Å². The van der Waals surface area contributed by atoms with Crippen molar-refractivity contribution in [3.05, 3.63) is 24.0 Å². The number of rotatable bonds is 9. The van der Waals surface area contributed by atoms with E-state index in [1.165, 1.54) is 56.9 Å². The Labute approximate surface area is 266 Å². The summed E-state index contributed by atoms with van der Waals surface area (Å²) in [5.74, 6) is 4.90. The van der Waals surface area contributed by atoms with Gasteiger partial charge in [-0.3, -0.25) is 4.48 Å². The first-order valence-corrected chi connectivity index (χ1v) is 18.0. The molecule has 0 bridgehead atoms. The van der Waals surface area contributed by atoms with Gasteiger partial charge in [0.05, 0.1) is 19.4 Å². The van der Waals surface area contributed by atoms with Crippen LogP contribution in [-0.2, 0) is 9.47 Å². The predicted octanol–water partition coefficient (Wildman–Crippen LogP) is 6.18. The number of aliphatic hydroxyl groups excluding tert-OH is 3. The van der Waals surface area contributed by atoms with Gasteiger partial charge < -0.3 is 24.8 Å². The molecular weight excluding hydrogens is 552 g/mol. The van der Waals surface area contributed by atoms with Crippen LogP contribution in [0.1, 0.15) is 105 Å². The van der Waals surface area contributed by atoms with Gasteiger partial charge in [0.15, 0.2) is 12.6 Å². The Hall–Kier alpha value is -1.09. The lowest BCUT2D eigenvalue weighted by atomic mass is 9.47. The standard InChI is InChI=1S/C37H61N2O5/c1-23(2)8-7-9-24(3)28-12-13-29-27-11-10-25-20-26(14-16-36(25,4)30(27)15-17-37(28,29)5)43-35-34(42)33(41)32(40)31(44-35)21-39(6)19-18-38-22-39/h10,18-19,22-24,26-35,40-42H,7-9,11-17,20-21H2,1-6H3/q+1/t24-,26+,27+,28-,29+,30+,31-,32-,33+,34-,35-,36+,37-,39?/m1/s1. The van der Waals surface area contributed by atoms with Gasteiger partial charge in [0, 0.05) is 0 Å². The molecule has 0 amide bonds. The van der Waals surface area contributed by atoms with Crippen LogP contribution in [0.4, 0.5) is 0 Å². The van der Waals surface area contributed by atoms with Crippen LogP contribution in [0.25, 0.3) is 0 Å². The molecule has 44 heavy (non-hydrogen) atoms. The number of allylic oxidation sites excluding steroid dienone is 1. The van der Waals surface area contributed by atoms with Crippen LogP contribution in [0.5, 0.6) is 0 Å². The number of aliphatic imine (C=N–C) groups is 1. The Bertz CT molecular complexity index is 1110. The summed E-state index contributed by atoms with van der Waals surface area (Å²) in [6.07, 6.45) is 16.2. The van der Waals surface area contributed by atoms with Crippen molar-refractivity contribution in [1.29, 1.82) is 0 Å². The third kappa shape index (κ3) is 5.92. The predicted molar refractivity (Wildman–Crippen MR) is 173 cm³/mol. The van der Waals surface area contributed by atoms with Gasteiger partial charge in [0.2, 0.25) is 0 Å². The highest BCUT2D eigenvalue weighted by molar-refractivity contribution is 5.50. The van der Waals surface area contributed by atoms with Crippen LogP contribution in [0.2, 0.25) is 0 Å². The van der Waals surface area contributed by atoms with E-state index in [0.29, 0.717) is 16.4 Å². The molecule has 0 spiro atoms. The zero-order valence-corrected chi connectivity index (χ0v) is 28.3. The molecule has 0 radical (unpaired) electrons. The number of likely N-dealkylation sites (N-methyl/N-ethyl adjacent to an activating group) is 1. The van der Waals surface area contributed by atoms with Gasteiger partial charge in [-0.15, -0.1) is 0 Å². The zero-order valence-electron chi connectivity index (χ0n) is 28.3. The van der Waals surface area contributed by atoms with Crippen LogP contribution in [0.3, 0.4) is 0 Å². The van der Waals surface area contributed by atoms with Gasteiger partial charge >= 0.3 is 0 Å². The van der Waals surface area contributed by atoms with Gasteiger partial charge in [-0.2, -0.15) is 0 Å². The first kappa shape index (κ1) is 32.8. The average molecular weight is 614 g/mol. The summed E-state index contributed by atoms with van der Waals surface area (Å²) < 4.78 is 13.0. The molecule has 1 unspecified atom stereocenters. The smallest absolute Gasteiger partial charge is 0.194 e. The van der Waals surface area contributed by atoms with Crippen LogP contribution in [0.15, 0.2) is 29.0 Å². The minimum atomic E-state index is -1.32. The molecule has 7 heteroatoms. The molecule has 6 rings (SSSR count). The van der Waals surface area contributed by atoms with Crippen molar-refractivity contribution in [3.8, 4) is 0 Å². The minimum Gasteiger partial charge on any atom is -0.387 e. The van der Waals surface area contributed by atoms with Crippen molar-refractivity contribution < 1.29 is 29.3 Å². The first-order valence-electron chi connectivity index (χ1n) is 18.0. The lowest BCUT2D eigenvalue weighted by Gasteiger charge is -2.58. The number of ether oxygens (including phenoxy) is 2. The number of hydrogen-bond acceptors (Lipinski definition) is 6. The first-order chi connectivity index (χ1) is 20.8. The minimum absolute atomic E-state index is 0.0666. The molecule has 3 N–H and O–H groups in total. The van der Waals surface area contributed by atoms with Gasteiger partial charge in [-0.25, -0.2) is 4.99 Å². The molecule has 4 fully saturated rings. The highest BCUT2D eigenvalue weighted by atomic mass is 16.7. The molecule has 0 aromatic carbocycles. The van der Waals surface area contributed by atoms with Gasteiger partial charge in [-0.1, -0.05) is 65.5 Å². The second-order valence-electron chi connectivity index (χ2n) is 16.9. The Kier molecular flexibility index (Phi) is 9.33. The summed E-state index contributed by atoms with van der Waals surface area (Å²) in [4.78, 5) is 4.18. The SMILES string of the molecule is CC(C)CCC[C@@H](C)[C@H]1CC[C@H]2[C@@H]3CC=C4C[C@@H](O[C@@H]5O[C@H](C[N+]6(C)C=CN=C6)[C@@H](O)[C@H](O)[C@H]5O)CC[C@]4(C)[C@H]3CC[C@]12C. The van der Waals surface area contributed by atoms with Gasteiger partial charge in [0.25, 0.3) is 0 Å². The fourth-order valence-electron chi connectivity index (χ4n) is 11.1. The zero-order chi connectivity index (χ0) is 31.4. The maximum absolute atomic E-state index is 10.8. The Morgan fingerprint density at radius 3 is 2.52 bits per heavy atom. The van der Waals surface area contributed by atoms with Crippen molar-refractivity contribution in [1.82, 2.24) is 0 Å². The highest BCUT2D eigenvalue weighted by Crippen LogP contribution is 2.67. The van der Waals surface area contributed by atoms with Crippen LogP contribution in [-0.4, -0.2) is 76.5 Å². The number of fused-ring (bicyclic) bond motifs is 5. The number of hydrogen-bond donors (Lipinski definition) is 3. The topological polar surface area (TPSA) is 91.5 Å². The molecule has 7 nitrogen and oxygen atoms in total. The van der Waals surface area contributed by atoms with E-state index in [1.54, 1.807) is 12.5 Å². The van der Waals surface area contributed by atoms with E-state index in [2.05, 4.69) is 45.7 Å². The number of quaternary nitrogens is 1. The highest BCUT2D eigenvalue weighted by Gasteiger charge is 2.59. The van der Waals surface area contributed by atoms with Crippen molar-refractivity contribution in [3.63, 3.8) is 0 Å². The molecule has 2 heterocycles. The summed E-state index contributed by atoms with van der Waals surface area (Å²) in [6, 6.07) is 0. The second-order valence-corrected chi connectivity index (χ2v) is 16.9. The summed E-state index contributed by atoms with van der Waals surface area (Å²) in [6.45, 7) is 12.9. The number of nitrogens with zero attached hydrogens (tertiary/aromatic N) is 2. The molecule has 0 aromatic rings. The molecule has 0 aromatic heterocycles. The molecule has 1 saturated heterocycles. The summed E-state index contributed by atoms with van der Waals surface area (Å²) in [7, 11) is 1.97. The Balaban J connectivity index is 1.10. The van der Waals surface area contributed by atoms with E-state index in [4.69, 9.17) is 9.47 Å². The largest absolute Gasteiger partial charge is 0.387 e. The summed E-state index contributed by atoms with van der Waals surface area (Å²) in [5.41, 5.74) is 2.25. The molecule has 6 aliphatic rings. The van der Waals surface area contributed by atoms with Gasteiger partial charge in [-0.05, 0) is 97.7 Å². The summed E-state index contributed by atoms with van der Waals surface area (Å²) in [5, 5.41) is 32.3. The number of aliphatic hydroxyl groups is 3. The maximum atomic E-state index is 10.8. The van der Waals surface area contributed by atoms with E-state index in [1.807, 2.05) is 13.2 Å². The van der Waals surface area contributed by atoms with Crippen molar-refractivity contribution in [2.45, 2.75) is 142 Å². The Morgan fingerprint density at radius 1 is 1.00 bits per heavy atom. The molecule has 2 aliphatic heterocycles. The monoisotopic (exact) mass is 613 g/mol. The molecule has 3 saturated carbocycles. The average Bonchev–Trinajstić information content (AvgIpc) is 3.57. The van der Waals surface area contributed by atoms with Crippen molar-refractivity contribution in [2.24, 2.45) is 51.3 Å². The third-order valence-electron chi connectivity index (χ3n) is 13.7. The summed E-state index contributed by atoms with van der Waals surface area (Å²) >= 11 is 0. The molecule has 4 aliphatic carbocycles. The van der Waals surface area contributed by atoms with E-state index in [9.17, 15) is 15.3 Å². The van der Waals surface area contributed by atoms with Crippen molar-refractivity contribution >= 4 is 6.34 Å². The van der Waals surface area contributed by atoms with Crippen LogP contribution in [0, 0.1) is 46.3 Å². The van der Waals surface area contributed by atoms with E-state index < -0.39 is 30.7 Å². The van der Waals surface area contributed by atoms with Crippen molar-refractivity contribution in [2.75, 3.05) is 13.6 Å². The van der Waals surface area contributed by atoms with Gasteiger partial charge in [0.1, 0.15) is 37.2 Å².